The van der Waals surface area contributed by atoms with E-state index in [4.69, 9.17) is 9.47 Å². The normalized spacial score (nSPS) is 27.3. The van der Waals surface area contributed by atoms with Gasteiger partial charge >= 0.3 is 12.1 Å². The van der Waals surface area contributed by atoms with Gasteiger partial charge in [-0.1, -0.05) is 6.07 Å². The number of hydrogen-bond donors (Lipinski definition) is 2. The van der Waals surface area contributed by atoms with Gasteiger partial charge in [-0.2, -0.15) is 13.2 Å². The molecular formula is C25H33F3N2O5. The van der Waals surface area contributed by atoms with E-state index in [9.17, 15) is 27.9 Å². The molecule has 1 aliphatic carbocycles. The van der Waals surface area contributed by atoms with E-state index in [-0.39, 0.29) is 29.6 Å². The zero-order valence-corrected chi connectivity index (χ0v) is 19.7. The molecule has 0 aromatic heterocycles. The van der Waals surface area contributed by atoms with Crippen molar-refractivity contribution in [2.24, 2.45) is 11.8 Å². The highest BCUT2D eigenvalue weighted by molar-refractivity contribution is 5.86. The van der Waals surface area contributed by atoms with Crippen LogP contribution in [0.25, 0.3) is 0 Å². The van der Waals surface area contributed by atoms with Gasteiger partial charge in [0.25, 0.3) is 0 Å². The van der Waals surface area contributed by atoms with Crippen LogP contribution in [0.1, 0.15) is 50.5 Å². The molecule has 35 heavy (non-hydrogen) atoms. The van der Waals surface area contributed by atoms with Crippen molar-refractivity contribution >= 4 is 11.9 Å². The van der Waals surface area contributed by atoms with E-state index in [0.717, 1.165) is 25.0 Å². The summed E-state index contributed by atoms with van der Waals surface area (Å²) < 4.78 is 50.5. The predicted octanol–water partition coefficient (Wildman–Crippen LogP) is 3.71. The summed E-state index contributed by atoms with van der Waals surface area (Å²) in [6, 6.07) is 4.89. The van der Waals surface area contributed by atoms with Gasteiger partial charge in [0, 0.05) is 32.8 Å². The molecule has 2 aliphatic heterocycles. The van der Waals surface area contributed by atoms with Crippen molar-refractivity contribution in [2.45, 2.75) is 62.8 Å². The molecule has 2 saturated heterocycles. The Balaban J connectivity index is 1.36. The van der Waals surface area contributed by atoms with Gasteiger partial charge in [0.15, 0.2) is 0 Å². The maximum Gasteiger partial charge on any atom is 0.416 e. The maximum atomic E-state index is 13.5. The fraction of sp³-hybridized carbons (Fsp3) is 0.680. The topological polar surface area (TPSA) is 88.1 Å². The largest absolute Gasteiger partial charge is 0.489 e. The summed E-state index contributed by atoms with van der Waals surface area (Å²) >= 11 is 0. The molecule has 0 radical (unpaired) electrons. The van der Waals surface area contributed by atoms with Gasteiger partial charge in [-0.05, 0) is 69.1 Å². The number of alkyl halides is 3. The van der Waals surface area contributed by atoms with E-state index >= 15 is 0 Å². The second-order valence-corrected chi connectivity index (χ2v) is 9.91. The summed E-state index contributed by atoms with van der Waals surface area (Å²) in [4.78, 5) is 26.8. The molecule has 3 aliphatic rings. The lowest BCUT2D eigenvalue weighted by atomic mass is 9.81. The van der Waals surface area contributed by atoms with Crippen LogP contribution in [-0.4, -0.2) is 66.4 Å². The van der Waals surface area contributed by atoms with Gasteiger partial charge in [-0.25, -0.2) is 0 Å². The monoisotopic (exact) mass is 498 g/mol. The summed E-state index contributed by atoms with van der Waals surface area (Å²) in [5, 5.41) is 12.3. The minimum absolute atomic E-state index is 0.0547. The van der Waals surface area contributed by atoms with Gasteiger partial charge in [0.1, 0.15) is 17.4 Å². The number of nitrogens with zero attached hydrogens (tertiary/aromatic N) is 1. The number of ether oxygens (including phenoxy) is 2. The van der Waals surface area contributed by atoms with Crippen LogP contribution in [0.2, 0.25) is 0 Å². The number of benzene rings is 1. The Hall–Kier alpha value is -2.33. The lowest BCUT2D eigenvalue weighted by Crippen LogP contribution is -2.61. The SMILES string of the molecule is O=C(O)C1CCC(CNC(=O)C2(N3CCC(Oc4cccc(C(F)(F)F)c4)C3)CCOCC2)CC1. The lowest BCUT2D eigenvalue weighted by molar-refractivity contribution is -0.143. The number of carbonyl (C=O) groups excluding carboxylic acids is 1. The number of rotatable bonds is 7. The van der Waals surface area contributed by atoms with Crippen molar-refractivity contribution in [1.82, 2.24) is 10.2 Å². The van der Waals surface area contributed by atoms with Crippen LogP contribution in [0, 0.1) is 11.8 Å². The first-order valence-electron chi connectivity index (χ1n) is 12.4. The number of aliphatic carboxylic acids is 1. The number of hydrogen-bond acceptors (Lipinski definition) is 5. The number of amides is 1. The lowest BCUT2D eigenvalue weighted by Gasteiger charge is -2.43. The summed E-state index contributed by atoms with van der Waals surface area (Å²) in [6.45, 7) is 2.51. The molecule has 1 unspecified atom stereocenters. The third-order valence-electron chi connectivity index (χ3n) is 7.70. The first-order valence-corrected chi connectivity index (χ1v) is 12.4. The Labute approximate surface area is 202 Å². The third kappa shape index (κ3) is 6.09. The average molecular weight is 499 g/mol. The molecular weight excluding hydrogens is 465 g/mol. The number of carboxylic acids is 1. The quantitative estimate of drug-likeness (QED) is 0.596. The fourth-order valence-electron chi connectivity index (χ4n) is 5.56. The zero-order chi connectivity index (χ0) is 25.1. The smallest absolute Gasteiger partial charge is 0.416 e. The molecule has 1 atom stereocenters. The standard InChI is InChI=1S/C25H33F3N2O5/c26-25(27,28)19-2-1-3-20(14-19)35-21-8-11-30(16-21)24(9-12-34-13-10-24)23(33)29-15-17-4-6-18(7-5-17)22(31)32/h1-3,14,17-18,21H,4-13,15-16H2,(H,29,33)(H,31,32). The van der Waals surface area contributed by atoms with E-state index in [1.165, 1.54) is 12.1 Å². The van der Waals surface area contributed by atoms with Crippen molar-refractivity contribution in [1.29, 1.82) is 0 Å². The van der Waals surface area contributed by atoms with Gasteiger partial charge in [-0.3, -0.25) is 14.5 Å². The molecule has 4 rings (SSSR count). The number of halogens is 3. The van der Waals surface area contributed by atoms with Gasteiger partial charge in [0.05, 0.1) is 11.5 Å². The molecule has 1 amide bonds. The van der Waals surface area contributed by atoms with Crippen molar-refractivity contribution < 1.29 is 37.3 Å². The second kappa shape index (κ2) is 10.7. The van der Waals surface area contributed by atoms with Crippen LogP contribution in [0.3, 0.4) is 0 Å². The van der Waals surface area contributed by atoms with E-state index < -0.39 is 23.2 Å². The molecule has 0 bridgehead atoms. The van der Waals surface area contributed by atoms with Crippen LogP contribution >= 0.6 is 0 Å². The molecule has 1 saturated carbocycles. The van der Waals surface area contributed by atoms with E-state index in [2.05, 4.69) is 10.2 Å². The first kappa shape index (κ1) is 25.8. The van der Waals surface area contributed by atoms with Gasteiger partial charge in [-0.15, -0.1) is 0 Å². The molecule has 2 N–H and O–H groups in total. The van der Waals surface area contributed by atoms with E-state index in [0.29, 0.717) is 65.0 Å². The van der Waals surface area contributed by atoms with Crippen LogP contribution in [0.5, 0.6) is 5.75 Å². The number of carboxylic acid groups (broad SMARTS) is 1. The third-order valence-corrected chi connectivity index (χ3v) is 7.70. The highest BCUT2D eigenvalue weighted by atomic mass is 19.4. The molecule has 1 aromatic rings. The minimum atomic E-state index is -4.43. The van der Waals surface area contributed by atoms with Crippen molar-refractivity contribution in [2.75, 3.05) is 32.8 Å². The molecule has 2 heterocycles. The molecule has 1 aromatic carbocycles. The molecule has 10 heteroatoms. The number of likely N-dealkylation sites (tertiary alicyclic amines) is 1. The average Bonchev–Trinajstić information content (AvgIpc) is 3.32. The summed E-state index contributed by atoms with van der Waals surface area (Å²) in [6.07, 6.45) is -0.207. The Morgan fingerprint density at radius 2 is 1.86 bits per heavy atom. The molecule has 194 valence electrons. The Kier molecular flexibility index (Phi) is 7.90. The Bertz CT molecular complexity index is 895. The molecule has 3 fully saturated rings. The van der Waals surface area contributed by atoms with Crippen molar-refractivity contribution in [3.63, 3.8) is 0 Å². The van der Waals surface area contributed by atoms with Crippen LogP contribution in [0.4, 0.5) is 13.2 Å². The van der Waals surface area contributed by atoms with Crippen molar-refractivity contribution in [3.8, 4) is 5.75 Å². The summed E-state index contributed by atoms with van der Waals surface area (Å²) in [5.74, 6) is -0.649. The second-order valence-electron chi connectivity index (χ2n) is 9.91. The summed E-state index contributed by atoms with van der Waals surface area (Å²) in [7, 11) is 0. The molecule has 7 nitrogen and oxygen atoms in total. The minimum Gasteiger partial charge on any atom is -0.489 e. The maximum absolute atomic E-state index is 13.5. The highest BCUT2D eigenvalue weighted by Gasteiger charge is 2.48. The van der Waals surface area contributed by atoms with Crippen molar-refractivity contribution in [3.05, 3.63) is 29.8 Å². The van der Waals surface area contributed by atoms with Crippen LogP contribution in [-0.2, 0) is 20.5 Å². The Morgan fingerprint density at radius 3 is 2.51 bits per heavy atom. The van der Waals surface area contributed by atoms with Crippen LogP contribution in [0.15, 0.2) is 24.3 Å². The number of nitrogens with one attached hydrogen (secondary N) is 1. The van der Waals surface area contributed by atoms with E-state index in [1.807, 2.05) is 0 Å². The van der Waals surface area contributed by atoms with Gasteiger partial charge in [0.2, 0.25) is 5.91 Å². The van der Waals surface area contributed by atoms with Crippen LogP contribution < -0.4 is 10.1 Å². The van der Waals surface area contributed by atoms with Gasteiger partial charge < -0.3 is 19.9 Å². The Morgan fingerprint density at radius 1 is 1.14 bits per heavy atom. The molecule has 0 spiro atoms. The zero-order valence-electron chi connectivity index (χ0n) is 19.7. The van der Waals surface area contributed by atoms with E-state index in [1.54, 1.807) is 0 Å². The number of carbonyl (C=O) groups is 2. The fourth-order valence-corrected chi connectivity index (χ4v) is 5.56. The first-order chi connectivity index (χ1) is 16.7. The predicted molar refractivity (Wildman–Crippen MR) is 121 cm³/mol. The highest BCUT2D eigenvalue weighted by Crippen LogP contribution is 2.35. The summed E-state index contributed by atoms with van der Waals surface area (Å²) in [5.41, 5.74) is -1.48.